The Bertz CT molecular complexity index is 2340. The molecule has 5 aromatic carbocycles. The number of hydrogen-bond donors (Lipinski definition) is 0. The molecule has 5 aromatic rings. The molecule has 2 fully saturated rings. The highest BCUT2D eigenvalue weighted by atomic mass is 28.4. The summed E-state index contributed by atoms with van der Waals surface area (Å²) in [6, 6.07) is 40.3. The van der Waals surface area contributed by atoms with Crippen LogP contribution in [-0.4, -0.2) is 86.5 Å². The molecule has 0 unspecified atom stereocenters. The lowest BCUT2D eigenvalue weighted by Crippen LogP contribution is -2.58. The molecule has 0 aromatic heterocycles. The normalized spacial score (nSPS) is 19.3. The molecule has 0 N–H and O–H groups in total. The Hall–Kier alpha value is -5.70. The lowest BCUT2D eigenvalue weighted by atomic mass is 9.97. The number of esters is 1. The first kappa shape index (κ1) is 43.9. The number of likely N-dealkylation sites (tertiary alicyclic amines) is 1. The number of ether oxygens (including phenoxy) is 5. The number of non-ortho nitro benzene ring substituents is 1. The lowest BCUT2D eigenvalue weighted by molar-refractivity contribution is -0.384. The zero-order chi connectivity index (χ0) is 44.3. The third kappa shape index (κ3) is 9.78. The van der Waals surface area contributed by atoms with Crippen molar-refractivity contribution in [1.29, 1.82) is 0 Å². The van der Waals surface area contributed by atoms with Crippen LogP contribution in [0.5, 0.6) is 0 Å². The highest BCUT2D eigenvalue weighted by molar-refractivity contribution is 6.74. The molecule has 8 rings (SSSR count). The molecule has 0 radical (unpaired) electrons. The van der Waals surface area contributed by atoms with Gasteiger partial charge in [-0.2, -0.15) is 0 Å². The molecule has 63 heavy (non-hydrogen) atoms. The highest BCUT2D eigenvalue weighted by Gasteiger charge is 2.62. The molecule has 328 valence electrons. The predicted octanol–water partition coefficient (Wildman–Crippen LogP) is 9.71. The molecular weight excluding hydrogens is 817 g/mol. The fourth-order valence-electron chi connectivity index (χ4n) is 8.30. The summed E-state index contributed by atoms with van der Waals surface area (Å²) >= 11 is 0. The SMILES string of the molecule is CC(C)(C)[Si](C)(C)OC[C@@H](OC(=O)c1ccc([N+](=O)[O-])cc1)[C@@H](OCc1ccccc1)[C@H](OCc1ccccc1)[C@H]1[C@@H]2O[C@@H]2CN1C(=O)OCC1c2ccccc2-c2ccccc21. The number of nitro benzene ring substituents is 1. The maximum atomic E-state index is 14.6. The third-order valence-corrected chi connectivity index (χ3v) is 17.4. The predicted molar refractivity (Wildman–Crippen MR) is 240 cm³/mol. The van der Waals surface area contributed by atoms with Crippen LogP contribution in [0.1, 0.15) is 59.3 Å². The molecule has 0 bridgehead atoms. The molecule has 0 saturated carbocycles. The van der Waals surface area contributed by atoms with Gasteiger partial charge in [-0.3, -0.25) is 15.0 Å². The summed E-state index contributed by atoms with van der Waals surface area (Å²) in [5, 5.41) is 11.3. The molecule has 3 aliphatic rings. The van der Waals surface area contributed by atoms with Gasteiger partial charge in [0.15, 0.2) is 14.4 Å². The van der Waals surface area contributed by atoms with Crippen molar-refractivity contribution in [2.45, 2.75) is 94.6 Å². The highest BCUT2D eigenvalue weighted by Crippen LogP contribution is 2.46. The van der Waals surface area contributed by atoms with Crippen molar-refractivity contribution in [3.8, 4) is 11.1 Å². The van der Waals surface area contributed by atoms with Crippen LogP contribution < -0.4 is 0 Å². The van der Waals surface area contributed by atoms with Gasteiger partial charge in [0.2, 0.25) is 0 Å². The van der Waals surface area contributed by atoms with Gasteiger partial charge in [0, 0.05) is 18.1 Å². The van der Waals surface area contributed by atoms with E-state index >= 15 is 0 Å². The Morgan fingerprint density at radius 3 is 1.92 bits per heavy atom. The second kappa shape index (κ2) is 18.6. The van der Waals surface area contributed by atoms with Gasteiger partial charge < -0.3 is 28.1 Å². The van der Waals surface area contributed by atoms with Crippen molar-refractivity contribution in [1.82, 2.24) is 4.90 Å². The zero-order valence-corrected chi connectivity index (χ0v) is 37.3. The Balaban J connectivity index is 1.15. The van der Waals surface area contributed by atoms with Gasteiger partial charge in [-0.15, -0.1) is 0 Å². The smallest absolute Gasteiger partial charge is 0.410 e. The fraction of sp³-hybridized carbons (Fsp3) is 0.360. The topological polar surface area (TPSA) is 139 Å². The largest absolute Gasteiger partial charge is 0.453 e. The third-order valence-electron chi connectivity index (χ3n) is 12.8. The van der Waals surface area contributed by atoms with E-state index in [1.807, 2.05) is 84.9 Å². The second-order valence-corrected chi connectivity index (χ2v) is 22.7. The Labute approximate surface area is 369 Å². The average molecular weight is 871 g/mol. The quantitative estimate of drug-likeness (QED) is 0.0292. The minimum atomic E-state index is -2.47. The number of carbonyl (C=O) groups is 2. The van der Waals surface area contributed by atoms with Gasteiger partial charge in [0.1, 0.15) is 31.0 Å². The summed E-state index contributed by atoms with van der Waals surface area (Å²) in [5.41, 5.74) is 6.19. The number of carbonyl (C=O) groups excluding carboxylic acids is 2. The first-order chi connectivity index (χ1) is 30.3. The van der Waals surface area contributed by atoms with E-state index in [-0.39, 0.29) is 61.3 Å². The molecule has 1 amide bonds. The van der Waals surface area contributed by atoms with Crippen molar-refractivity contribution in [3.05, 3.63) is 171 Å². The van der Waals surface area contributed by atoms with Crippen molar-refractivity contribution in [2.24, 2.45) is 0 Å². The van der Waals surface area contributed by atoms with Crippen LogP contribution in [0.15, 0.2) is 133 Å². The first-order valence-electron chi connectivity index (χ1n) is 21.5. The number of nitrogens with zero attached hydrogens (tertiary/aromatic N) is 2. The van der Waals surface area contributed by atoms with E-state index in [4.69, 9.17) is 28.1 Å². The number of nitro groups is 1. The molecule has 1 aliphatic carbocycles. The monoisotopic (exact) mass is 870 g/mol. The number of hydrogen-bond acceptors (Lipinski definition) is 10. The number of epoxide rings is 1. The van der Waals surface area contributed by atoms with Gasteiger partial charge >= 0.3 is 12.1 Å². The van der Waals surface area contributed by atoms with Gasteiger partial charge in [0.25, 0.3) is 5.69 Å². The van der Waals surface area contributed by atoms with Crippen molar-refractivity contribution in [2.75, 3.05) is 19.8 Å². The molecule has 12 nitrogen and oxygen atoms in total. The van der Waals surface area contributed by atoms with Crippen LogP contribution >= 0.6 is 0 Å². The van der Waals surface area contributed by atoms with Crippen molar-refractivity contribution < 1.29 is 42.6 Å². The van der Waals surface area contributed by atoms with Gasteiger partial charge in [-0.05, 0) is 63.6 Å². The van der Waals surface area contributed by atoms with Gasteiger partial charge in [0.05, 0.1) is 42.9 Å². The summed E-state index contributed by atoms with van der Waals surface area (Å²) < 4.78 is 39.6. The molecule has 6 atom stereocenters. The van der Waals surface area contributed by atoms with Crippen LogP contribution in [0.25, 0.3) is 11.1 Å². The van der Waals surface area contributed by atoms with E-state index in [1.165, 1.54) is 24.3 Å². The van der Waals surface area contributed by atoms with E-state index in [1.54, 1.807) is 4.90 Å². The standard InChI is InChI=1S/C50H54N2O10Si/c1-50(2,3)63(4,5)60-32-43(62-48(53)35-24-26-36(27-25-35)52(55)56)46(57-29-33-16-8-6-9-17-33)47(58-30-34-18-10-7-11-19-34)44-45-42(61-45)28-51(44)49(54)59-31-41-39-22-14-12-20-37(39)38-21-13-15-23-40(38)41/h6-27,41-47H,28-32H2,1-5H3/t42-,43-,44-,45-,46-,47-/m1/s1. The molecule has 0 spiro atoms. The Morgan fingerprint density at radius 2 is 1.35 bits per heavy atom. The molecular formula is C50H54N2O10Si. The molecule has 2 heterocycles. The Morgan fingerprint density at radius 1 is 0.794 bits per heavy atom. The minimum Gasteiger partial charge on any atom is -0.453 e. The molecule has 2 saturated heterocycles. The van der Waals surface area contributed by atoms with Crippen LogP contribution in [0.4, 0.5) is 10.5 Å². The number of fused-ring (bicyclic) bond motifs is 4. The summed E-state index contributed by atoms with van der Waals surface area (Å²) in [7, 11) is -2.47. The van der Waals surface area contributed by atoms with E-state index in [0.717, 1.165) is 33.4 Å². The van der Waals surface area contributed by atoms with E-state index < -0.39 is 55.8 Å². The van der Waals surface area contributed by atoms with Crippen molar-refractivity contribution >= 4 is 26.1 Å². The fourth-order valence-corrected chi connectivity index (χ4v) is 9.31. The van der Waals surface area contributed by atoms with Gasteiger partial charge in [-0.1, -0.05) is 130 Å². The average Bonchev–Trinajstić information content (AvgIpc) is 3.84. The maximum Gasteiger partial charge on any atom is 0.410 e. The summed E-state index contributed by atoms with van der Waals surface area (Å²) in [5.74, 6) is -0.861. The number of benzene rings is 5. The number of morpholine rings is 1. The number of amides is 1. The first-order valence-corrected chi connectivity index (χ1v) is 24.4. The maximum absolute atomic E-state index is 14.6. The van der Waals surface area contributed by atoms with Crippen LogP contribution in [0.3, 0.4) is 0 Å². The Kier molecular flexibility index (Phi) is 12.9. The van der Waals surface area contributed by atoms with Crippen molar-refractivity contribution in [3.63, 3.8) is 0 Å². The van der Waals surface area contributed by atoms with Crippen LogP contribution in [-0.2, 0) is 41.3 Å². The van der Waals surface area contributed by atoms with Crippen LogP contribution in [0, 0.1) is 10.1 Å². The second-order valence-electron chi connectivity index (χ2n) is 17.9. The molecule has 2 aliphatic heterocycles. The summed E-state index contributed by atoms with van der Waals surface area (Å²) in [6.07, 6.45) is -4.18. The van der Waals surface area contributed by atoms with E-state index in [0.29, 0.717) is 0 Å². The zero-order valence-electron chi connectivity index (χ0n) is 36.3. The minimum absolute atomic E-state index is 0.0491. The summed E-state index contributed by atoms with van der Waals surface area (Å²) in [4.78, 5) is 41.3. The van der Waals surface area contributed by atoms with E-state index in [9.17, 15) is 19.7 Å². The molecule has 13 heteroatoms. The van der Waals surface area contributed by atoms with Crippen LogP contribution in [0.2, 0.25) is 18.1 Å². The van der Waals surface area contributed by atoms with E-state index in [2.05, 4.69) is 58.1 Å². The van der Waals surface area contributed by atoms with Gasteiger partial charge in [-0.25, -0.2) is 9.59 Å². The summed E-state index contributed by atoms with van der Waals surface area (Å²) in [6.45, 7) is 11.2. The number of rotatable bonds is 17. The lowest BCUT2D eigenvalue weighted by Gasteiger charge is -2.41.